The molecular weight excluding hydrogens is 350 g/mol. The first-order valence-corrected chi connectivity index (χ1v) is 9.12. The Morgan fingerprint density at radius 3 is 1.96 bits per heavy atom. The molecule has 6 heteroatoms. The number of hydrogen-bond donors (Lipinski definition) is 2. The van der Waals surface area contributed by atoms with Crippen molar-refractivity contribution in [2.75, 3.05) is 19.0 Å². The molecule has 0 aliphatic rings. The number of pyridine rings is 2. The second-order valence-corrected chi connectivity index (χ2v) is 6.95. The van der Waals surface area contributed by atoms with Gasteiger partial charge in [-0.25, -0.2) is 0 Å². The summed E-state index contributed by atoms with van der Waals surface area (Å²) < 4.78 is 0. The van der Waals surface area contributed by atoms with Crippen molar-refractivity contribution < 1.29 is 4.79 Å². The van der Waals surface area contributed by atoms with Gasteiger partial charge in [-0.3, -0.25) is 20.1 Å². The van der Waals surface area contributed by atoms with Crippen molar-refractivity contribution in [1.29, 1.82) is 0 Å². The average molecular weight is 375 g/mol. The number of nitrogens with one attached hydrogen (secondary N) is 1. The van der Waals surface area contributed by atoms with Gasteiger partial charge in [0.15, 0.2) is 0 Å². The van der Waals surface area contributed by atoms with Gasteiger partial charge in [0.1, 0.15) is 5.54 Å². The van der Waals surface area contributed by atoms with Gasteiger partial charge in [-0.2, -0.15) is 0 Å². The lowest BCUT2D eigenvalue weighted by Crippen LogP contribution is -2.54. The highest BCUT2D eigenvalue weighted by molar-refractivity contribution is 5.86. The molecule has 0 aliphatic heterocycles. The van der Waals surface area contributed by atoms with Crippen molar-refractivity contribution in [2.45, 2.75) is 18.5 Å². The van der Waals surface area contributed by atoms with Crippen LogP contribution in [0.3, 0.4) is 0 Å². The molecule has 1 amide bonds. The third-order valence-corrected chi connectivity index (χ3v) is 4.86. The van der Waals surface area contributed by atoms with Crippen molar-refractivity contribution in [1.82, 2.24) is 15.3 Å². The van der Waals surface area contributed by atoms with Gasteiger partial charge in [0, 0.05) is 57.5 Å². The Morgan fingerprint density at radius 1 is 0.929 bits per heavy atom. The third kappa shape index (κ3) is 4.35. The first-order chi connectivity index (χ1) is 13.5. The van der Waals surface area contributed by atoms with Gasteiger partial charge in [-0.05, 0) is 53.1 Å². The van der Waals surface area contributed by atoms with Gasteiger partial charge in [0.05, 0.1) is 0 Å². The van der Waals surface area contributed by atoms with Gasteiger partial charge in [-0.15, -0.1) is 0 Å². The van der Waals surface area contributed by atoms with Crippen LogP contribution in [0.25, 0.3) is 0 Å². The van der Waals surface area contributed by atoms with Gasteiger partial charge in [0.25, 0.3) is 0 Å². The number of carbonyl (C=O) groups is 1. The molecule has 6 nitrogen and oxygen atoms in total. The minimum absolute atomic E-state index is 0.420. The lowest BCUT2D eigenvalue weighted by atomic mass is 9.82. The molecule has 1 unspecified atom stereocenters. The van der Waals surface area contributed by atoms with Crippen LogP contribution in [-0.4, -0.2) is 30.0 Å². The molecule has 2 aromatic heterocycles. The minimum Gasteiger partial charge on any atom is -0.378 e. The van der Waals surface area contributed by atoms with E-state index in [-0.39, 0.29) is 0 Å². The zero-order valence-corrected chi connectivity index (χ0v) is 16.2. The van der Waals surface area contributed by atoms with E-state index in [0.29, 0.717) is 13.0 Å². The fourth-order valence-corrected chi connectivity index (χ4v) is 3.19. The molecule has 3 aromatic rings. The van der Waals surface area contributed by atoms with E-state index in [4.69, 9.17) is 5.73 Å². The number of hydrogen-bond acceptors (Lipinski definition) is 5. The van der Waals surface area contributed by atoms with Crippen LogP contribution in [0.1, 0.15) is 16.7 Å². The van der Waals surface area contributed by atoms with E-state index >= 15 is 0 Å². The predicted octanol–water partition coefficient (Wildman–Crippen LogP) is 2.26. The Kier molecular flexibility index (Phi) is 6.01. The van der Waals surface area contributed by atoms with Crippen LogP contribution in [0.5, 0.6) is 0 Å². The van der Waals surface area contributed by atoms with E-state index in [1.165, 1.54) is 0 Å². The maximum absolute atomic E-state index is 12.8. The van der Waals surface area contributed by atoms with E-state index in [1.54, 1.807) is 24.8 Å². The van der Waals surface area contributed by atoms with Crippen LogP contribution in [-0.2, 0) is 23.3 Å². The van der Waals surface area contributed by atoms with Gasteiger partial charge < -0.3 is 10.6 Å². The normalized spacial score (nSPS) is 12.9. The number of nitrogens with two attached hydrogens (primary N) is 1. The van der Waals surface area contributed by atoms with E-state index in [0.717, 1.165) is 22.4 Å². The molecule has 144 valence electrons. The molecule has 0 saturated heterocycles. The summed E-state index contributed by atoms with van der Waals surface area (Å²) in [6, 6.07) is 15.5. The molecule has 3 rings (SSSR count). The molecule has 0 bridgehead atoms. The quantitative estimate of drug-likeness (QED) is 0.631. The third-order valence-electron chi connectivity index (χ3n) is 4.86. The maximum Gasteiger partial charge on any atom is 0.242 e. The molecule has 0 saturated carbocycles. The number of primary amides is 1. The highest BCUT2D eigenvalue weighted by Gasteiger charge is 2.38. The van der Waals surface area contributed by atoms with E-state index in [1.807, 2.05) is 67.5 Å². The van der Waals surface area contributed by atoms with Crippen LogP contribution < -0.4 is 16.0 Å². The van der Waals surface area contributed by atoms with Gasteiger partial charge in [0.2, 0.25) is 5.91 Å². The molecule has 0 spiro atoms. The minimum atomic E-state index is -1.05. The molecule has 1 atom stereocenters. The van der Waals surface area contributed by atoms with Gasteiger partial charge in [-0.1, -0.05) is 12.1 Å². The average Bonchev–Trinajstić information content (AvgIpc) is 2.72. The maximum atomic E-state index is 12.8. The predicted molar refractivity (Wildman–Crippen MR) is 111 cm³/mol. The Morgan fingerprint density at radius 2 is 1.46 bits per heavy atom. The summed E-state index contributed by atoms with van der Waals surface area (Å²) in [5, 5.41) is 3.43. The molecule has 2 heterocycles. The van der Waals surface area contributed by atoms with Crippen molar-refractivity contribution in [3.63, 3.8) is 0 Å². The molecule has 0 aliphatic carbocycles. The van der Waals surface area contributed by atoms with Crippen molar-refractivity contribution in [2.24, 2.45) is 5.73 Å². The van der Waals surface area contributed by atoms with Crippen LogP contribution >= 0.6 is 0 Å². The summed E-state index contributed by atoms with van der Waals surface area (Å²) >= 11 is 0. The zero-order valence-electron chi connectivity index (χ0n) is 16.2. The Balaban J connectivity index is 2.00. The Hall–Kier alpha value is -3.25. The Labute approximate surface area is 165 Å². The van der Waals surface area contributed by atoms with Crippen LogP contribution in [0.4, 0.5) is 5.69 Å². The number of rotatable bonds is 8. The second kappa shape index (κ2) is 8.63. The summed E-state index contributed by atoms with van der Waals surface area (Å²) in [4.78, 5) is 22.9. The van der Waals surface area contributed by atoms with E-state index in [9.17, 15) is 4.79 Å². The number of anilines is 1. The number of nitrogens with zero attached hydrogens (tertiary/aromatic N) is 3. The number of aromatic nitrogens is 2. The second-order valence-electron chi connectivity index (χ2n) is 6.95. The molecule has 3 N–H and O–H groups in total. The summed E-state index contributed by atoms with van der Waals surface area (Å²) in [5.41, 5.74) is 8.82. The SMILES string of the molecule is CN(C)c1ccc(C(Cc2ccncc2)(NCc2ccncc2)C(N)=O)cc1. The topological polar surface area (TPSA) is 84.1 Å². The first kappa shape index (κ1) is 19.5. The van der Waals surface area contributed by atoms with E-state index < -0.39 is 11.4 Å². The molecule has 1 aromatic carbocycles. The standard InChI is InChI=1S/C22H25N5O/c1-27(2)20-5-3-19(4-6-20)22(21(23)28,15-17-7-11-24-12-8-17)26-16-18-9-13-25-14-10-18/h3-14,26H,15-16H2,1-2H3,(H2,23,28). The number of carbonyl (C=O) groups excluding carboxylic acids is 1. The fraction of sp³-hybridized carbons (Fsp3) is 0.227. The van der Waals surface area contributed by atoms with Crippen LogP contribution in [0, 0.1) is 0 Å². The molecular formula is C22H25N5O. The summed E-state index contributed by atoms with van der Waals surface area (Å²) in [6.45, 7) is 0.492. The summed E-state index contributed by atoms with van der Waals surface area (Å²) in [7, 11) is 3.96. The van der Waals surface area contributed by atoms with Crippen LogP contribution in [0.15, 0.2) is 73.3 Å². The summed E-state index contributed by atoms with van der Waals surface area (Å²) in [5.74, 6) is -0.420. The first-order valence-electron chi connectivity index (χ1n) is 9.12. The fourth-order valence-electron chi connectivity index (χ4n) is 3.19. The number of benzene rings is 1. The van der Waals surface area contributed by atoms with Gasteiger partial charge >= 0.3 is 0 Å². The molecule has 0 fully saturated rings. The monoisotopic (exact) mass is 375 g/mol. The lowest BCUT2D eigenvalue weighted by Gasteiger charge is -2.33. The van der Waals surface area contributed by atoms with Crippen LogP contribution in [0.2, 0.25) is 0 Å². The zero-order chi connectivity index (χ0) is 20.0. The largest absolute Gasteiger partial charge is 0.378 e. The lowest BCUT2D eigenvalue weighted by molar-refractivity contribution is -0.125. The molecule has 0 radical (unpaired) electrons. The highest BCUT2D eigenvalue weighted by Crippen LogP contribution is 2.28. The van der Waals surface area contributed by atoms with E-state index in [2.05, 4.69) is 15.3 Å². The highest BCUT2D eigenvalue weighted by atomic mass is 16.1. The van der Waals surface area contributed by atoms with Crippen molar-refractivity contribution in [3.05, 3.63) is 90.0 Å². The Bertz CT molecular complexity index is 897. The van der Waals surface area contributed by atoms with Crippen molar-refractivity contribution in [3.8, 4) is 0 Å². The number of amides is 1. The summed E-state index contributed by atoms with van der Waals surface area (Å²) in [6.07, 6.45) is 7.34. The smallest absolute Gasteiger partial charge is 0.242 e. The van der Waals surface area contributed by atoms with Crippen molar-refractivity contribution >= 4 is 11.6 Å². The molecule has 28 heavy (non-hydrogen) atoms.